The van der Waals surface area contributed by atoms with Crippen LogP contribution < -0.4 is 0 Å². The van der Waals surface area contributed by atoms with E-state index in [9.17, 15) is 8.42 Å². The predicted octanol–water partition coefficient (Wildman–Crippen LogP) is 0.593. The van der Waals surface area contributed by atoms with Gasteiger partial charge in [-0.3, -0.25) is 8.42 Å². The van der Waals surface area contributed by atoms with Crippen LogP contribution >= 0.6 is 0 Å². The van der Waals surface area contributed by atoms with Crippen LogP contribution in [-0.4, -0.2) is 39.3 Å². The lowest BCUT2D eigenvalue weighted by molar-refractivity contribution is 0.688. The lowest BCUT2D eigenvalue weighted by atomic mass is 11.9. The summed E-state index contributed by atoms with van der Waals surface area (Å²) in [5.41, 5.74) is 0. The molecule has 0 saturated carbocycles. The summed E-state index contributed by atoms with van der Waals surface area (Å²) < 4.78 is 19.6. The molecule has 0 radical (unpaired) electrons. The molecule has 0 N–H and O–H groups in total. The van der Waals surface area contributed by atoms with E-state index in [4.69, 9.17) is 0 Å². The van der Waals surface area contributed by atoms with Gasteiger partial charge in [0.15, 0.2) is 0 Å². The molecule has 0 aliphatic heterocycles. The van der Waals surface area contributed by atoms with Crippen molar-refractivity contribution in [3.63, 3.8) is 0 Å². The minimum Gasteiger partial charge on any atom is -0.269 e. The van der Waals surface area contributed by atoms with Crippen molar-refractivity contribution in [1.29, 1.82) is 0 Å². The van der Waals surface area contributed by atoms with Gasteiger partial charge in [-0.15, -0.1) is 0 Å². The summed E-state index contributed by atoms with van der Waals surface area (Å²) >= 11 is 0. The van der Waals surface area contributed by atoms with E-state index in [1.165, 1.54) is 0 Å². The average Bonchev–Trinajstić information content (AvgIpc) is 1.19. The largest absolute Gasteiger partial charge is 0.269 e. The number of rotatable bonds is 0. The van der Waals surface area contributed by atoms with E-state index in [1.54, 1.807) is 25.0 Å². The zero-order valence-electron chi connectivity index (χ0n) is 6.34. The van der Waals surface area contributed by atoms with E-state index in [0.29, 0.717) is 0 Å². The van der Waals surface area contributed by atoms with Gasteiger partial charge in [-0.05, 0) is 15.4 Å². The van der Waals surface area contributed by atoms with Gasteiger partial charge < -0.3 is 0 Å². The van der Waals surface area contributed by atoms with Crippen LogP contribution in [0, 0.1) is 0 Å². The maximum atomic E-state index is 10.1. The van der Waals surface area contributed by atoms with Crippen LogP contribution in [0.2, 0.25) is 0 Å². The highest BCUT2D eigenvalue weighted by Crippen LogP contribution is 1.62. The van der Waals surface area contributed by atoms with E-state index in [2.05, 4.69) is 5.87 Å². The van der Waals surface area contributed by atoms with Gasteiger partial charge in [0.2, 0.25) is 0 Å². The van der Waals surface area contributed by atoms with Gasteiger partial charge in [-0.2, -0.15) is 0 Å². The molecule has 66 valence electrons. The zero-order chi connectivity index (χ0) is 8.08. The van der Waals surface area contributed by atoms with Gasteiger partial charge in [0.05, 0.1) is 0 Å². The lowest BCUT2D eigenvalue weighted by Crippen LogP contribution is -1.86. The first-order valence-electron chi connectivity index (χ1n) is 2.26. The van der Waals surface area contributed by atoms with Crippen LogP contribution in [-0.2, 0) is 20.3 Å². The fourth-order valence-electron chi connectivity index (χ4n) is 0. The highest BCUT2D eigenvalue weighted by atomic mass is 32.2. The van der Waals surface area contributed by atoms with Gasteiger partial charge in [0.1, 0.15) is 0 Å². The molecule has 0 saturated heterocycles. The molecule has 0 atom stereocenters. The highest BCUT2D eigenvalue weighted by Gasteiger charge is 1.69. The topological polar surface area (TPSA) is 34.1 Å². The van der Waals surface area contributed by atoms with Crippen LogP contribution in [0.4, 0.5) is 0 Å². The van der Waals surface area contributed by atoms with Crippen LogP contribution in [0.3, 0.4) is 0 Å². The fraction of sp³-hybridized carbons (Fsp3) is 0.833. The first kappa shape index (κ1) is 16.6. The van der Waals surface area contributed by atoms with E-state index in [0.717, 1.165) is 0 Å². The molecule has 0 bridgehead atoms. The summed E-state index contributed by atoms with van der Waals surface area (Å²) in [6.07, 6.45) is 6.49. The molecule has 0 aliphatic rings. The maximum Gasteiger partial charge on any atom is 0.0148 e. The van der Waals surface area contributed by atoms with E-state index < -0.39 is 20.3 Å². The third kappa shape index (κ3) is 14500. The summed E-state index contributed by atoms with van der Waals surface area (Å²) in [6, 6.07) is 0. The van der Waals surface area contributed by atoms with Crippen LogP contribution in [0.5, 0.6) is 0 Å². The van der Waals surface area contributed by atoms with Crippen LogP contribution in [0.25, 0.3) is 0 Å². The van der Waals surface area contributed by atoms with Gasteiger partial charge in [0, 0.05) is 35.8 Å². The minimum absolute atomic E-state index is 0. The molecular formula is C6H18O2S2. The Balaban J connectivity index is -0.0000000910. The Labute approximate surface area is 67.5 Å². The molecule has 0 spiro atoms. The lowest BCUT2D eigenvalue weighted by Gasteiger charge is -1.78. The normalized spacial score (nSPS) is 9.30. The van der Waals surface area contributed by atoms with Crippen molar-refractivity contribution in [2.24, 2.45) is 0 Å². The summed E-state index contributed by atoms with van der Waals surface area (Å²) in [5, 5.41) is 0. The average molecular weight is 186 g/mol. The summed E-state index contributed by atoms with van der Waals surface area (Å²) in [6.45, 7) is 0. The standard InChI is InChI=1S/C3H8OS.C2H6OS.CH4/c1-5(2,3)4;1-4(2)3;/h1H2,2-3H3;1-2H3;1H4. The van der Waals surface area contributed by atoms with Crippen molar-refractivity contribution in [3.8, 4) is 0 Å². The molecule has 0 aromatic heterocycles. The van der Waals surface area contributed by atoms with E-state index >= 15 is 0 Å². The Bertz CT molecular complexity index is 156. The zero-order valence-corrected chi connectivity index (χ0v) is 7.97. The van der Waals surface area contributed by atoms with Crippen molar-refractivity contribution in [3.05, 3.63) is 0 Å². The van der Waals surface area contributed by atoms with E-state index in [1.807, 2.05) is 0 Å². The quantitative estimate of drug-likeness (QED) is 0.519. The third-order valence-corrected chi connectivity index (χ3v) is 0. The number of hydrogen-bond acceptors (Lipinski definition) is 2. The predicted molar refractivity (Wildman–Crippen MR) is 53.8 cm³/mol. The second-order valence-corrected chi connectivity index (χ2v) is 6.54. The van der Waals surface area contributed by atoms with Crippen LogP contribution in [0.15, 0.2) is 0 Å². The Morgan fingerprint density at radius 1 is 1.30 bits per heavy atom. The van der Waals surface area contributed by atoms with Gasteiger partial charge in [-0.25, -0.2) is 0 Å². The summed E-state index contributed by atoms with van der Waals surface area (Å²) in [5.74, 6) is 3.30. The highest BCUT2D eigenvalue weighted by molar-refractivity contribution is 7.98. The van der Waals surface area contributed by atoms with E-state index in [-0.39, 0.29) is 7.43 Å². The van der Waals surface area contributed by atoms with Gasteiger partial charge in [-0.1, -0.05) is 7.43 Å². The SMILES string of the molecule is C.C=S(C)(C)=O.CS(C)=O. The van der Waals surface area contributed by atoms with Crippen molar-refractivity contribution in [2.75, 3.05) is 25.0 Å². The molecule has 4 heteroatoms. The van der Waals surface area contributed by atoms with Gasteiger partial charge >= 0.3 is 0 Å². The molecular weight excluding hydrogens is 168 g/mol. The summed E-state index contributed by atoms with van der Waals surface area (Å²) in [7, 11) is -2.28. The summed E-state index contributed by atoms with van der Waals surface area (Å²) in [4.78, 5) is 0. The Morgan fingerprint density at radius 3 is 1.30 bits per heavy atom. The Hall–Kier alpha value is 0.170. The molecule has 0 fully saturated rings. The fourth-order valence-corrected chi connectivity index (χ4v) is 0. The number of hydrogen-bond donors (Lipinski definition) is 0. The molecule has 2 nitrogen and oxygen atoms in total. The smallest absolute Gasteiger partial charge is 0.0148 e. The van der Waals surface area contributed by atoms with Crippen molar-refractivity contribution >= 4 is 26.2 Å². The van der Waals surface area contributed by atoms with Crippen molar-refractivity contribution in [2.45, 2.75) is 7.43 Å². The first-order chi connectivity index (χ1) is 3.73. The molecule has 0 heterocycles. The minimum atomic E-state index is -1.67. The third-order valence-electron chi connectivity index (χ3n) is 0. The molecule has 0 amide bonds. The Morgan fingerprint density at radius 2 is 1.30 bits per heavy atom. The molecule has 0 aromatic rings. The molecule has 0 aliphatic carbocycles. The molecule has 10 heavy (non-hydrogen) atoms. The van der Waals surface area contributed by atoms with Crippen molar-refractivity contribution < 1.29 is 8.42 Å². The Kier molecular flexibility index (Phi) is 12.1. The maximum absolute atomic E-state index is 10.1. The second kappa shape index (κ2) is 7.28. The molecule has 0 unspecified atom stereocenters. The second-order valence-electron chi connectivity index (χ2n) is 2.18. The molecule has 0 aromatic carbocycles. The van der Waals surface area contributed by atoms with Crippen molar-refractivity contribution in [1.82, 2.24) is 0 Å². The van der Waals surface area contributed by atoms with Gasteiger partial charge in [0.25, 0.3) is 0 Å². The monoisotopic (exact) mass is 186 g/mol. The van der Waals surface area contributed by atoms with Crippen LogP contribution in [0.1, 0.15) is 7.43 Å². The molecule has 0 rings (SSSR count). The first-order valence-corrected chi connectivity index (χ1v) is 6.77.